The molecule has 9 nitrogen and oxygen atoms in total. The summed E-state index contributed by atoms with van der Waals surface area (Å²) < 4.78 is 7.77. The lowest BCUT2D eigenvalue weighted by atomic mass is 10.1. The van der Waals surface area contributed by atoms with Gasteiger partial charge in [-0.1, -0.05) is 49.4 Å². The van der Waals surface area contributed by atoms with Gasteiger partial charge in [-0.2, -0.15) is 0 Å². The number of rotatable bonds is 10. The summed E-state index contributed by atoms with van der Waals surface area (Å²) in [6.07, 6.45) is 0.759. The number of fused-ring (bicyclic) bond motifs is 1. The van der Waals surface area contributed by atoms with Gasteiger partial charge in [-0.3, -0.25) is 23.5 Å². The standard InChI is InChI=1S/C30H32N4O5/c1-4-20(2)32-27(35)19-33-25-11-7-6-10-24(25)29(37)34(30(33)38)18-21-13-15-22(16-14-21)28(36)31-17-23-9-5-8-12-26(23)39-3/h5-16,20H,4,17-19H2,1-3H3,(H,31,36)(H,32,35)/t20-/m0/s1. The van der Waals surface area contributed by atoms with Crippen LogP contribution in [-0.2, 0) is 24.4 Å². The molecule has 202 valence electrons. The van der Waals surface area contributed by atoms with Crippen LogP contribution in [-0.4, -0.2) is 34.1 Å². The number of nitrogens with zero attached hydrogens (tertiary/aromatic N) is 2. The number of benzene rings is 3. The summed E-state index contributed by atoms with van der Waals surface area (Å²) in [6, 6.07) is 20.9. The highest BCUT2D eigenvalue weighted by Crippen LogP contribution is 2.17. The van der Waals surface area contributed by atoms with Gasteiger partial charge in [-0.25, -0.2) is 4.79 Å². The molecule has 2 amide bonds. The number of carbonyl (C=O) groups is 2. The van der Waals surface area contributed by atoms with Crippen LogP contribution in [0.3, 0.4) is 0 Å². The molecule has 2 N–H and O–H groups in total. The minimum Gasteiger partial charge on any atom is -0.496 e. The minimum absolute atomic E-state index is 0.00139. The first-order chi connectivity index (χ1) is 18.8. The van der Waals surface area contributed by atoms with Crippen LogP contribution in [0.1, 0.15) is 41.8 Å². The third kappa shape index (κ3) is 6.26. The molecule has 1 aromatic heterocycles. The highest BCUT2D eigenvalue weighted by molar-refractivity contribution is 5.94. The van der Waals surface area contributed by atoms with E-state index in [1.54, 1.807) is 55.6 Å². The van der Waals surface area contributed by atoms with Gasteiger partial charge in [0, 0.05) is 23.7 Å². The number of amides is 2. The molecule has 39 heavy (non-hydrogen) atoms. The van der Waals surface area contributed by atoms with E-state index in [1.165, 1.54) is 4.57 Å². The van der Waals surface area contributed by atoms with E-state index in [9.17, 15) is 19.2 Å². The monoisotopic (exact) mass is 528 g/mol. The topological polar surface area (TPSA) is 111 Å². The minimum atomic E-state index is -0.573. The molecule has 0 spiro atoms. The Kier molecular flexibility index (Phi) is 8.60. The molecule has 0 saturated heterocycles. The Labute approximate surface area is 226 Å². The quantitative estimate of drug-likeness (QED) is 0.329. The molecule has 0 aliphatic heterocycles. The van der Waals surface area contributed by atoms with Gasteiger partial charge in [0.2, 0.25) is 5.91 Å². The fourth-order valence-electron chi connectivity index (χ4n) is 4.30. The predicted octanol–water partition coefficient (Wildman–Crippen LogP) is 3.06. The Morgan fingerprint density at radius 1 is 0.923 bits per heavy atom. The van der Waals surface area contributed by atoms with Gasteiger partial charge in [0.25, 0.3) is 11.5 Å². The van der Waals surface area contributed by atoms with Crippen LogP contribution in [0.4, 0.5) is 0 Å². The van der Waals surface area contributed by atoms with E-state index >= 15 is 0 Å². The van der Waals surface area contributed by atoms with Crippen LogP contribution in [0.2, 0.25) is 0 Å². The second-order valence-electron chi connectivity index (χ2n) is 9.35. The molecule has 0 aliphatic carbocycles. The largest absolute Gasteiger partial charge is 0.496 e. The van der Waals surface area contributed by atoms with Gasteiger partial charge in [-0.15, -0.1) is 0 Å². The molecule has 0 saturated carbocycles. The van der Waals surface area contributed by atoms with Crippen LogP contribution in [0.25, 0.3) is 10.9 Å². The third-order valence-electron chi connectivity index (χ3n) is 6.64. The SMILES string of the molecule is CC[C@H](C)NC(=O)Cn1c(=O)n(Cc2ccc(C(=O)NCc3ccccc3OC)cc2)c(=O)c2ccccc21. The van der Waals surface area contributed by atoms with Crippen molar-refractivity contribution < 1.29 is 14.3 Å². The van der Waals surface area contributed by atoms with Crippen LogP contribution in [0, 0.1) is 0 Å². The molecular formula is C30H32N4O5. The molecule has 0 radical (unpaired) electrons. The number of hydrogen-bond acceptors (Lipinski definition) is 5. The summed E-state index contributed by atoms with van der Waals surface area (Å²) in [5, 5.41) is 6.09. The zero-order valence-electron chi connectivity index (χ0n) is 22.3. The van der Waals surface area contributed by atoms with E-state index in [0.717, 1.165) is 16.6 Å². The fraction of sp³-hybridized carbons (Fsp3) is 0.267. The zero-order chi connectivity index (χ0) is 27.9. The Morgan fingerprint density at radius 2 is 1.62 bits per heavy atom. The second-order valence-corrected chi connectivity index (χ2v) is 9.35. The average Bonchev–Trinajstić information content (AvgIpc) is 2.96. The highest BCUT2D eigenvalue weighted by Gasteiger charge is 2.16. The highest BCUT2D eigenvalue weighted by atomic mass is 16.5. The molecule has 1 heterocycles. The first-order valence-electron chi connectivity index (χ1n) is 12.8. The van der Waals surface area contributed by atoms with Crippen LogP contribution in [0.5, 0.6) is 5.75 Å². The van der Waals surface area contributed by atoms with Gasteiger partial charge >= 0.3 is 5.69 Å². The number of methoxy groups -OCH3 is 1. The number of hydrogen-bond donors (Lipinski definition) is 2. The lowest BCUT2D eigenvalue weighted by molar-refractivity contribution is -0.122. The maximum absolute atomic E-state index is 13.4. The van der Waals surface area contributed by atoms with Crippen molar-refractivity contribution >= 4 is 22.7 Å². The smallest absolute Gasteiger partial charge is 0.332 e. The lowest BCUT2D eigenvalue weighted by Gasteiger charge is -2.16. The lowest BCUT2D eigenvalue weighted by Crippen LogP contribution is -2.43. The summed E-state index contributed by atoms with van der Waals surface area (Å²) in [5.74, 6) is 0.132. The maximum Gasteiger partial charge on any atom is 0.332 e. The molecule has 4 aromatic rings. The Morgan fingerprint density at radius 3 is 2.33 bits per heavy atom. The summed E-state index contributed by atoms with van der Waals surface area (Å²) >= 11 is 0. The first kappa shape index (κ1) is 27.4. The van der Waals surface area contributed by atoms with Crippen molar-refractivity contribution in [2.75, 3.05) is 7.11 Å². The molecule has 0 aliphatic rings. The number of aromatic nitrogens is 2. The number of para-hydroxylation sites is 2. The van der Waals surface area contributed by atoms with E-state index in [0.29, 0.717) is 34.3 Å². The van der Waals surface area contributed by atoms with Crippen LogP contribution in [0.15, 0.2) is 82.4 Å². The van der Waals surface area contributed by atoms with Crippen LogP contribution >= 0.6 is 0 Å². The Balaban J connectivity index is 1.56. The molecule has 9 heteroatoms. The van der Waals surface area contributed by atoms with Crippen molar-refractivity contribution in [3.63, 3.8) is 0 Å². The van der Waals surface area contributed by atoms with Crippen molar-refractivity contribution in [3.8, 4) is 5.75 Å². The molecular weight excluding hydrogens is 496 g/mol. The average molecular weight is 529 g/mol. The van der Waals surface area contributed by atoms with E-state index in [4.69, 9.17) is 4.74 Å². The van der Waals surface area contributed by atoms with Crippen molar-refractivity contribution in [1.82, 2.24) is 19.8 Å². The van der Waals surface area contributed by atoms with E-state index in [-0.39, 0.29) is 30.9 Å². The van der Waals surface area contributed by atoms with E-state index < -0.39 is 11.2 Å². The fourth-order valence-corrected chi connectivity index (χ4v) is 4.30. The molecule has 4 rings (SSSR count). The normalized spacial score (nSPS) is 11.7. The summed E-state index contributed by atoms with van der Waals surface area (Å²) in [6.45, 7) is 3.96. The van der Waals surface area contributed by atoms with Crippen molar-refractivity contribution in [3.05, 3.63) is 110 Å². The number of carbonyl (C=O) groups excluding carboxylic acids is 2. The predicted molar refractivity (Wildman–Crippen MR) is 150 cm³/mol. The van der Waals surface area contributed by atoms with Crippen molar-refractivity contribution in [1.29, 1.82) is 0 Å². The first-order valence-corrected chi connectivity index (χ1v) is 12.8. The van der Waals surface area contributed by atoms with Crippen molar-refractivity contribution in [2.24, 2.45) is 0 Å². The summed E-state index contributed by atoms with van der Waals surface area (Å²) in [5.41, 5.74) is 1.37. The molecule has 0 unspecified atom stereocenters. The van der Waals surface area contributed by atoms with Gasteiger partial charge in [0.15, 0.2) is 0 Å². The molecule has 3 aromatic carbocycles. The molecule has 1 atom stereocenters. The molecule has 0 bridgehead atoms. The van der Waals surface area contributed by atoms with Gasteiger partial charge in [0.05, 0.1) is 24.6 Å². The Bertz CT molecular complexity index is 1600. The second kappa shape index (κ2) is 12.3. The van der Waals surface area contributed by atoms with Gasteiger partial charge < -0.3 is 15.4 Å². The molecule has 0 fully saturated rings. The maximum atomic E-state index is 13.4. The van der Waals surface area contributed by atoms with Gasteiger partial charge in [0.1, 0.15) is 12.3 Å². The summed E-state index contributed by atoms with van der Waals surface area (Å²) in [7, 11) is 1.58. The Hall–Kier alpha value is -4.66. The number of nitrogens with one attached hydrogen (secondary N) is 2. The van der Waals surface area contributed by atoms with E-state index in [1.807, 2.05) is 38.1 Å². The van der Waals surface area contributed by atoms with E-state index in [2.05, 4.69) is 10.6 Å². The zero-order valence-corrected chi connectivity index (χ0v) is 22.3. The van der Waals surface area contributed by atoms with Gasteiger partial charge in [-0.05, 0) is 49.2 Å². The van der Waals surface area contributed by atoms with Crippen LogP contribution < -0.4 is 26.6 Å². The summed E-state index contributed by atoms with van der Waals surface area (Å²) in [4.78, 5) is 52.0. The third-order valence-corrected chi connectivity index (χ3v) is 6.64. The number of ether oxygens (including phenoxy) is 1. The van der Waals surface area contributed by atoms with Crippen molar-refractivity contribution in [2.45, 2.75) is 45.9 Å².